The van der Waals surface area contributed by atoms with E-state index in [2.05, 4.69) is 0 Å². The van der Waals surface area contributed by atoms with Crippen molar-refractivity contribution in [1.29, 1.82) is 0 Å². The van der Waals surface area contributed by atoms with Gasteiger partial charge in [-0.25, -0.2) is 4.57 Å². The first-order valence-corrected chi connectivity index (χ1v) is 8.50. The number of carbonyl (C=O) groups is 2. The van der Waals surface area contributed by atoms with Crippen LogP contribution in [0.15, 0.2) is 41.2 Å². The number of aromatic nitrogens is 1. The summed E-state index contributed by atoms with van der Waals surface area (Å²) in [6.07, 6.45) is 5.68. The second kappa shape index (κ2) is 6.72. The summed E-state index contributed by atoms with van der Waals surface area (Å²) < 4.78 is 2.04. The number of aryl methyl sites for hydroxylation is 1. The molecule has 2 aliphatic rings. The number of hydrogen-bond donors (Lipinski definition) is 1. The molecule has 1 N–H and O–H groups in total. The van der Waals surface area contributed by atoms with Gasteiger partial charge in [-0.2, -0.15) is 0 Å². The highest BCUT2D eigenvalue weighted by molar-refractivity contribution is 8.04. The molecule has 3 rings (SSSR count). The highest BCUT2D eigenvalue weighted by Gasteiger charge is 2.53. The molecule has 0 spiro atoms. The molecule has 122 valence electrons. The Kier molecular flexibility index (Phi) is 4.68. The fraction of sp³-hybridized carbons (Fsp3) is 0.438. The molecule has 6 nitrogen and oxygen atoms in total. The van der Waals surface area contributed by atoms with E-state index >= 15 is 0 Å². The van der Waals surface area contributed by atoms with Crippen LogP contribution in [0.3, 0.4) is 0 Å². The van der Waals surface area contributed by atoms with Crippen molar-refractivity contribution in [2.24, 2.45) is 5.92 Å². The van der Waals surface area contributed by atoms with Gasteiger partial charge < -0.3 is 15.0 Å². The van der Waals surface area contributed by atoms with Gasteiger partial charge in [0.05, 0.1) is 23.0 Å². The van der Waals surface area contributed by atoms with Crippen LogP contribution in [0.2, 0.25) is 0 Å². The van der Waals surface area contributed by atoms with Crippen LogP contribution < -0.4 is 9.67 Å². The molecule has 7 heteroatoms. The minimum atomic E-state index is -1.29. The van der Waals surface area contributed by atoms with Gasteiger partial charge in [0.2, 0.25) is 5.91 Å². The van der Waals surface area contributed by atoms with Gasteiger partial charge in [-0.3, -0.25) is 9.69 Å². The molecule has 0 bridgehead atoms. The van der Waals surface area contributed by atoms with Crippen LogP contribution in [0, 0.1) is 5.92 Å². The van der Waals surface area contributed by atoms with Crippen molar-refractivity contribution in [2.45, 2.75) is 31.2 Å². The van der Waals surface area contributed by atoms with Crippen molar-refractivity contribution >= 4 is 23.6 Å². The molecule has 1 fully saturated rings. The van der Waals surface area contributed by atoms with Gasteiger partial charge in [-0.05, 0) is 12.8 Å². The number of nitrogens with zero attached hydrogens (tertiary/aromatic N) is 2. The lowest BCUT2D eigenvalue weighted by atomic mass is 9.94. The zero-order valence-electron chi connectivity index (χ0n) is 12.6. The van der Waals surface area contributed by atoms with Crippen molar-refractivity contribution in [1.82, 2.24) is 4.90 Å². The number of aliphatic carboxylic acids is 1. The number of amides is 1. The first-order chi connectivity index (χ1) is 11.1. The third-order valence-corrected chi connectivity index (χ3v) is 5.62. The molecule has 0 unspecified atom stereocenters. The van der Waals surface area contributed by atoms with E-state index in [4.69, 9.17) is 5.11 Å². The molecule has 23 heavy (non-hydrogen) atoms. The summed E-state index contributed by atoms with van der Waals surface area (Å²) >= 11 is 1.43. The van der Waals surface area contributed by atoms with E-state index in [9.17, 15) is 14.7 Å². The number of carbonyl (C=O) groups excluding carboxylic acids is 2. The maximum atomic E-state index is 12.1. The molecule has 1 saturated heterocycles. The van der Waals surface area contributed by atoms with Gasteiger partial charge in [0.15, 0.2) is 12.4 Å². The van der Waals surface area contributed by atoms with Crippen LogP contribution in [0.25, 0.3) is 0 Å². The van der Waals surface area contributed by atoms with Gasteiger partial charge in [0, 0.05) is 30.1 Å². The average Bonchev–Trinajstić information content (AvgIpc) is 2.89. The first-order valence-electron chi connectivity index (χ1n) is 7.62. The summed E-state index contributed by atoms with van der Waals surface area (Å²) in [5.74, 6) is -1.80. The zero-order chi connectivity index (χ0) is 16.4. The normalized spacial score (nSPS) is 23.0. The summed E-state index contributed by atoms with van der Waals surface area (Å²) in [5, 5.41) is 20.2. The largest absolute Gasteiger partial charge is 0.543 e. The Labute approximate surface area is 138 Å². The van der Waals surface area contributed by atoms with Gasteiger partial charge in [0.1, 0.15) is 6.54 Å². The Morgan fingerprint density at radius 3 is 2.74 bits per heavy atom. The second-order valence-corrected chi connectivity index (χ2v) is 6.82. The van der Waals surface area contributed by atoms with Gasteiger partial charge >= 0.3 is 0 Å². The molecule has 0 aromatic carbocycles. The molecule has 2 atom stereocenters. The number of fused-ring (bicyclic) bond motifs is 1. The molecular formula is C16H18N2O4S. The monoisotopic (exact) mass is 334 g/mol. The number of allylic oxidation sites excluding steroid dienone is 1. The van der Waals surface area contributed by atoms with Crippen molar-refractivity contribution in [3.8, 4) is 0 Å². The highest BCUT2D eigenvalue weighted by atomic mass is 32.2. The number of β-lactam (4-membered cyclic amide) rings is 1. The van der Waals surface area contributed by atoms with Gasteiger partial charge in [-0.1, -0.05) is 6.07 Å². The van der Waals surface area contributed by atoms with E-state index in [-0.39, 0.29) is 29.5 Å². The van der Waals surface area contributed by atoms with Crippen LogP contribution in [0.1, 0.15) is 19.3 Å². The lowest BCUT2D eigenvalue weighted by Gasteiger charge is -2.43. The number of pyridine rings is 1. The minimum absolute atomic E-state index is 0.0252. The quantitative estimate of drug-likeness (QED) is 0.543. The third kappa shape index (κ3) is 2.98. The number of carboxylic acids is 1. The van der Waals surface area contributed by atoms with Crippen LogP contribution >= 0.6 is 11.8 Å². The third-order valence-electron chi connectivity index (χ3n) is 4.15. The average molecular weight is 334 g/mol. The summed E-state index contributed by atoms with van der Waals surface area (Å²) in [5.41, 5.74) is 0.0252. The van der Waals surface area contributed by atoms with E-state index < -0.39 is 5.97 Å². The maximum Gasteiger partial charge on any atom is 0.234 e. The summed E-state index contributed by atoms with van der Waals surface area (Å²) in [4.78, 5) is 25.5. The van der Waals surface area contributed by atoms with Crippen LogP contribution in [0.5, 0.6) is 0 Å². The zero-order valence-corrected chi connectivity index (χ0v) is 13.4. The molecular weight excluding hydrogens is 316 g/mol. The van der Waals surface area contributed by atoms with Gasteiger partial charge in [-0.15, -0.1) is 11.8 Å². The summed E-state index contributed by atoms with van der Waals surface area (Å²) in [7, 11) is 0. The van der Waals surface area contributed by atoms with E-state index in [0.717, 1.165) is 13.0 Å². The SMILES string of the molecule is O=C([O-])C1=C(CCC[n+]2ccccc2)S[C@@H]2[C@@H](CCO)C(=O)N12. The fourth-order valence-electron chi connectivity index (χ4n) is 3.03. The second-order valence-electron chi connectivity index (χ2n) is 5.61. The van der Waals surface area contributed by atoms with E-state index in [1.807, 2.05) is 35.2 Å². The number of carboxylic acid groups (broad SMARTS) is 1. The fourth-order valence-corrected chi connectivity index (χ4v) is 4.61. The molecule has 1 aromatic rings. The molecule has 0 aliphatic carbocycles. The Morgan fingerprint density at radius 2 is 2.09 bits per heavy atom. The molecule has 0 radical (unpaired) electrons. The van der Waals surface area contributed by atoms with Crippen LogP contribution in [-0.4, -0.2) is 33.9 Å². The predicted octanol–water partition coefficient (Wildman–Crippen LogP) is -0.371. The van der Waals surface area contributed by atoms with Crippen LogP contribution in [0.4, 0.5) is 0 Å². The Hall–Kier alpha value is -1.86. The first kappa shape index (κ1) is 16.0. The van der Waals surface area contributed by atoms with Gasteiger partial charge in [0.25, 0.3) is 0 Å². The molecule has 2 aliphatic heterocycles. The summed E-state index contributed by atoms with van der Waals surface area (Å²) in [6, 6.07) is 5.83. The number of aliphatic hydroxyl groups is 1. The maximum absolute atomic E-state index is 12.1. The molecule has 1 aromatic heterocycles. The minimum Gasteiger partial charge on any atom is -0.543 e. The standard InChI is InChI=1S/C16H18N2O4S/c19-10-6-11-14(20)18-13(16(21)22)12(23-15(11)18)5-4-9-17-7-2-1-3-8-17/h1-3,7-8,11,15,19H,4-6,9-10H2/t11-,15+/m0/s1. The van der Waals surface area contributed by atoms with Crippen molar-refractivity contribution in [3.05, 3.63) is 41.2 Å². The number of thioether (sulfide) groups is 1. The molecule has 3 heterocycles. The van der Waals surface area contributed by atoms with E-state index in [1.54, 1.807) is 0 Å². The Balaban J connectivity index is 1.66. The van der Waals surface area contributed by atoms with Crippen molar-refractivity contribution < 1.29 is 24.4 Å². The smallest absolute Gasteiger partial charge is 0.234 e. The van der Waals surface area contributed by atoms with E-state index in [1.165, 1.54) is 16.7 Å². The Morgan fingerprint density at radius 1 is 1.35 bits per heavy atom. The number of rotatable bonds is 7. The van der Waals surface area contributed by atoms with Crippen molar-refractivity contribution in [2.75, 3.05) is 6.61 Å². The lowest BCUT2D eigenvalue weighted by Crippen LogP contribution is -2.58. The topological polar surface area (TPSA) is 84.5 Å². The highest BCUT2D eigenvalue weighted by Crippen LogP contribution is 2.51. The predicted molar refractivity (Wildman–Crippen MR) is 81.3 cm³/mol. The number of hydrogen-bond acceptors (Lipinski definition) is 5. The molecule has 0 saturated carbocycles. The van der Waals surface area contributed by atoms with Crippen molar-refractivity contribution in [3.63, 3.8) is 0 Å². The Bertz CT molecular complexity index is 647. The molecule has 1 amide bonds. The van der Waals surface area contributed by atoms with E-state index in [0.29, 0.717) is 17.7 Å². The number of aliphatic hydroxyl groups excluding tert-OH is 1. The lowest BCUT2D eigenvalue weighted by molar-refractivity contribution is -0.697. The van der Waals surface area contributed by atoms with Crippen LogP contribution in [-0.2, 0) is 16.1 Å². The summed E-state index contributed by atoms with van der Waals surface area (Å²) in [6.45, 7) is 0.714.